The molecule has 3 rings (SSSR count). The maximum atomic E-state index is 13.9. The fourth-order valence-corrected chi connectivity index (χ4v) is 6.35. The first-order valence-electron chi connectivity index (χ1n) is 18.0. The summed E-state index contributed by atoms with van der Waals surface area (Å²) in [5.41, 5.74) is 12.1. The molecule has 0 spiro atoms. The van der Waals surface area contributed by atoms with Crippen molar-refractivity contribution in [2.75, 3.05) is 19.6 Å². The maximum absolute atomic E-state index is 13.9. The quantitative estimate of drug-likeness (QED) is 0.103. The van der Waals surface area contributed by atoms with Crippen molar-refractivity contribution < 1.29 is 33.9 Å². The number of unbranched alkanes of at least 4 members (excludes halogenated alkanes) is 1. The van der Waals surface area contributed by atoms with Gasteiger partial charge in [0.1, 0.15) is 23.7 Å². The molecule has 5 amide bonds. The molecular weight excluding hydrogens is 666 g/mol. The summed E-state index contributed by atoms with van der Waals surface area (Å²) in [5.74, 6) is -3.71. The number of nitrogens with one attached hydrogen (secondary N) is 4. The Labute approximate surface area is 305 Å². The van der Waals surface area contributed by atoms with Crippen LogP contribution in [0.1, 0.15) is 70.4 Å². The molecule has 0 bridgehead atoms. The minimum Gasteiger partial charge on any atom is -0.480 e. The third-order valence-corrected chi connectivity index (χ3v) is 9.21. The summed E-state index contributed by atoms with van der Waals surface area (Å²) in [6, 6.07) is 14.5. The molecule has 1 saturated heterocycles. The van der Waals surface area contributed by atoms with Crippen LogP contribution in [0, 0.1) is 5.92 Å². The Morgan fingerprint density at radius 2 is 1.29 bits per heavy atom. The van der Waals surface area contributed by atoms with E-state index in [2.05, 4.69) is 21.3 Å². The van der Waals surface area contributed by atoms with E-state index in [4.69, 9.17) is 11.5 Å². The molecule has 14 nitrogen and oxygen atoms in total. The number of hydrogen-bond acceptors (Lipinski definition) is 8. The first-order chi connectivity index (χ1) is 24.7. The third-order valence-electron chi connectivity index (χ3n) is 9.21. The molecule has 0 aromatic heterocycles. The van der Waals surface area contributed by atoms with E-state index >= 15 is 0 Å². The minimum absolute atomic E-state index is 0.00663. The SMILES string of the molecule is CC(=O)NC1(C(=O)O)CCN(C(=O)[C@@H](CCCCN)NC(=O)[C@@H](CC(C)C)NC(=O)[C@@H](Cc2ccccc2)NC(=O)[C@H](N)Cc2ccccc2)CC1. The van der Waals surface area contributed by atoms with Crippen molar-refractivity contribution in [3.63, 3.8) is 0 Å². The van der Waals surface area contributed by atoms with E-state index in [-0.39, 0.29) is 63.4 Å². The topological polar surface area (TPSA) is 226 Å². The number of hydrogen-bond donors (Lipinski definition) is 7. The first-order valence-corrected chi connectivity index (χ1v) is 18.0. The zero-order chi connectivity index (χ0) is 38.3. The second kappa shape index (κ2) is 20.3. The molecule has 2 aromatic rings. The van der Waals surface area contributed by atoms with E-state index in [1.54, 1.807) is 0 Å². The molecule has 0 unspecified atom stereocenters. The lowest BCUT2D eigenvalue weighted by Crippen LogP contribution is -2.62. The molecule has 9 N–H and O–H groups in total. The summed E-state index contributed by atoms with van der Waals surface area (Å²) in [7, 11) is 0. The van der Waals surface area contributed by atoms with Crippen LogP contribution in [0.2, 0.25) is 0 Å². The van der Waals surface area contributed by atoms with E-state index in [1.165, 1.54) is 11.8 Å². The van der Waals surface area contributed by atoms with Crippen molar-refractivity contribution in [1.29, 1.82) is 0 Å². The van der Waals surface area contributed by atoms with Gasteiger partial charge in [0.2, 0.25) is 29.5 Å². The van der Waals surface area contributed by atoms with Gasteiger partial charge in [-0.05, 0) is 68.5 Å². The Hall–Kier alpha value is -4.82. The number of piperidine rings is 1. The van der Waals surface area contributed by atoms with Crippen LogP contribution in [0.15, 0.2) is 60.7 Å². The van der Waals surface area contributed by atoms with Gasteiger partial charge < -0.3 is 42.7 Å². The summed E-state index contributed by atoms with van der Waals surface area (Å²) in [6.07, 6.45) is 2.12. The summed E-state index contributed by atoms with van der Waals surface area (Å²) in [4.78, 5) is 80.2. The van der Waals surface area contributed by atoms with Gasteiger partial charge in [0.15, 0.2) is 0 Å². The Balaban J connectivity index is 1.78. The normalized spacial score (nSPS) is 16.2. The van der Waals surface area contributed by atoms with Gasteiger partial charge in [-0.3, -0.25) is 24.0 Å². The van der Waals surface area contributed by atoms with Crippen LogP contribution >= 0.6 is 0 Å². The van der Waals surface area contributed by atoms with Crippen LogP contribution in [0.4, 0.5) is 0 Å². The van der Waals surface area contributed by atoms with Crippen molar-refractivity contribution >= 4 is 35.5 Å². The molecule has 0 aliphatic carbocycles. The summed E-state index contributed by atoms with van der Waals surface area (Å²) >= 11 is 0. The Morgan fingerprint density at radius 1 is 0.769 bits per heavy atom. The number of carboxylic acids is 1. The number of rotatable bonds is 19. The molecule has 0 saturated carbocycles. The lowest BCUT2D eigenvalue weighted by atomic mass is 9.87. The number of amides is 5. The summed E-state index contributed by atoms with van der Waals surface area (Å²) in [6.45, 7) is 5.57. The minimum atomic E-state index is -1.48. The Bertz CT molecular complexity index is 1500. The zero-order valence-electron chi connectivity index (χ0n) is 30.4. The van der Waals surface area contributed by atoms with Crippen LogP contribution in [-0.2, 0) is 41.6 Å². The van der Waals surface area contributed by atoms with Crippen molar-refractivity contribution in [3.8, 4) is 0 Å². The number of nitrogens with zero attached hydrogens (tertiary/aromatic N) is 1. The Morgan fingerprint density at radius 3 is 1.81 bits per heavy atom. The van der Waals surface area contributed by atoms with Gasteiger partial charge in [0.25, 0.3) is 0 Å². The van der Waals surface area contributed by atoms with Gasteiger partial charge in [0.05, 0.1) is 6.04 Å². The predicted molar refractivity (Wildman–Crippen MR) is 196 cm³/mol. The van der Waals surface area contributed by atoms with Gasteiger partial charge >= 0.3 is 5.97 Å². The van der Waals surface area contributed by atoms with E-state index < -0.39 is 59.3 Å². The Kier molecular flexibility index (Phi) is 16.2. The number of carboxylic acid groups (broad SMARTS) is 1. The molecule has 52 heavy (non-hydrogen) atoms. The third kappa shape index (κ3) is 12.7. The number of aliphatic carboxylic acids is 1. The monoisotopic (exact) mass is 721 g/mol. The van der Waals surface area contributed by atoms with Gasteiger partial charge in [-0.2, -0.15) is 0 Å². The maximum Gasteiger partial charge on any atom is 0.329 e. The van der Waals surface area contributed by atoms with Gasteiger partial charge in [-0.15, -0.1) is 0 Å². The van der Waals surface area contributed by atoms with Crippen molar-refractivity contribution in [3.05, 3.63) is 71.8 Å². The molecule has 1 aliphatic heterocycles. The second-order valence-electron chi connectivity index (χ2n) is 14.0. The smallest absolute Gasteiger partial charge is 0.329 e. The van der Waals surface area contributed by atoms with Gasteiger partial charge in [0, 0.05) is 26.4 Å². The molecule has 284 valence electrons. The highest BCUT2D eigenvalue weighted by atomic mass is 16.4. The van der Waals surface area contributed by atoms with Crippen LogP contribution in [0.5, 0.6) is 0 Å². The lowest BCUT2D eigenvalue weighted by Gasteiger charge is -2.40. The van der Waals surface area contributed by atoms with Crippen molar-refractivity contribution in [2.45, 2.75) is 102 Å². The predicted octanol–water partition coefficient (Wildman–Crippen LogP) is 1.01. The van der Waals surface area contributed by atoms with Crippen molar-refractivity contribution in [2.24, 2.45) is 17.4 Å². The van der Waals surface area contributed by atoms with E-state index in [0.717, 1.165) is 11.1 Å². The second-order valence-corrected chi connectivity index (χ2v) is 14.0. The summed E-state index contributed by atoms with van der Waals surface area (Å²) in [5, 5.41) is 20.9. The largest absolute Gasteiger partial charge is 0.480 e. The van der Waals surface area contributed by atoms with Crippen LogP contribution in [0.3, 0.4) is 0 Å². The van der Waals surface area contributed by atoms with Crippen LogP contribution < -0.4 is 32.7 Å². The summed E-state index contributed by atoms with van der Waals surface area (Å²) < 4.78 is 0. The molecule has 1 aliphatic rings. The number of benzene rings is 2. The van der Waals surface area contributed by atoms with Gasteiger partial charge in [-0.25, -0.2) is 4.79 Å². The molecule has 14 heteroatoms. The number of carbonyl (C=O) groups excluding carboxylic acids is 5. The molecular formula is C38H55N7O7. The van der Waals surface area contributed by atoms with Gasteiger partial charge in [-0.1, -0.05) is 74.5 Å². The van der Waals surface area contributed by atoms with Crippen molar-refractivity contribution in [1.82, 2.24) is 26.2 Å². The molecule has 2 aromatic carbocycles. The van der Waals surface area contributed by atoms with Crippen LogP contribution in [-0.4, -0.2) is 94.9 Å². The van der Waals surface area contributed by atoms with Crippen LogP contribution in [0.25, 0.3) is 0 Å². The molecule has 0 radical (unpaired) electrons. The molecule has 1 heterocycles. The fraction of sp³-hybridized carbons (Fsp3) is 0.526. The fourth-order valence-electron chi connectivity index (χ4n) is 6.35. The van der Waals surface area contributed by atoms with E-state index in [9.17, 15) is 33.9 Å². The number of nitrogens with two attached hydrogens (primary N) is 2. The molecule has 1 fully saturated rings. The van der Waals surface area contributed by atoms with E-state index in [0.29, 0.717) is 19.4 Å². The first kappa shape index (κ1) is 41.6. The zero-order valence-corrected chi connectivity index (χ0v) is 30.4. The van der Waals surface area contributed by atoms with E-state index in [1.807, 2.05) is 74.5 Å². The molecule has 4 atom stereocenters. The highest BCUT2D eigenvalue weighted by Crippen LogP contribution is 2.24. The average Bonchev–Trinajstić information content (AvgIpc) is 3.11. The number of likely N-dealkylation sites (tertiary alicyclic amines) is 1. The standard InChI is InChI=1S/C38H55N7O7/c1-25(2)22-31(34(48)41-30(16-10-11-19-39)36(50)45-20-17-38(18-21-45,37(51)52)44-26(3)46)43-35(49)32(24-28-14-8-5-9-15-28)42-33(47)29(40)23-27-12-6-4-7-13-27/h4-9,12-15,25,29-32H,10-11,16-24,39-40H2,1-3H3,(H,41,48)(H,42,47)(H,43,49)(H,44,46)(H,51,52)/t29-,30-,31-,32-/m1/s1. The highest BCUT2D eigenvalue weighted by molar-refractivity contribution is 5.95. The average molecular weight is 722 g/mol. The lowest BCUT2D eigenvalue weighted by molar-refractivity contribution is -0.152. The number of carbonyl (C=O) groups is 6. The highest BCUT2D eigenvalue weighted by Gasteiger charge is 2.44.